The van der Waals surface area contributed by atoms with Gasteiger partial charge in [0.1, 0.15) is 6.61 Å². The van der Waals surface area contributed by atoms with Crippen molar-refractivity contribution in [2.24, 2.45) is 0 Å². The Kier molecular flexibility index (Phi) is 7.14. The molecule has 0 unspecified atom stereocenters. The molecule has 0 radical (unpaired) electrons. The van der Waals surface area contributed by atoms with Crippen molar-refractivity contribution in [2.75, 3.05) is 13.2 Å². The van der Waals surface area contributed by atoms with Crippen LogP contribution >= 0.6 is 0 Å². The van der Waals surface area contributed by atoms with Gasteiger partial charge in [-0.15, -0.1) is 0 Å². The second kappa shape index (κ2) is 7.92. The number of ether oxygens (including phenoxy) is 1. The molecule has 0 aliphatic rings. The van der Waals surface area contributed by atoms with Crippen molar-refractivity contribution < 1.29 is 4.74 Å². The molecule has 0 rings (SSSR count). The van der Waals surface area contributed by atoms with Crippen LogP contribution in [0.15, 0.2) is 36.8 Å². The molecule has 0 aromatic carbocycles. The van der Waals surface area contributed by atoms with Gasteiger partial charge in [0.2, 0.25) is 0 Å². The van der Waals surface area contributed by atoms with Gasteiger partial charge in [-0.25, -0.2) is 0 Å². The average molecular weight is 167 g/mol. The molecule has 0 spiro atoms. The first kappa shape index (κ1) is 10.8. The van der Waals surface area contributed by atoms with Crippen molar-refractivity contribution in [1.82, 2.24) is 5.32 Å². The lowest BCUT2D eigenvalue weighted by Crippen LogP contribution is -2.12. The standard InChI is InChI=1S/C10H17NO/c1-4-6-7-11-8-9-12-10(3)5-2/h4-7,11H,1,8-9H2,2-3H3/b7-6+,10-5+. The molecule has 0 fully saturated rings. The molecule has 1 N–H and O–H groups in total. The Morgan fingerprint density at radius 2 is 2.33 bits per heavy atom. The lowest BCUT2D eigenvalue weighted by Gasteiger charge is -2.04. The summed E-state index contributed by atoms with van der Waals surface area (Å²) in [5, 5.41) is 3.06. The summed E-state index contributed by atoms with van der Waals surface area (Å²) in [4.78, 5) is 0. The Hall–Kier alpha value is -1.18. The van der Waals surface area contributed by atoms with Crippen LogP contribution in [0.2, 0.25) is 0 Å². The van der Waals surface area contributed by atoms with Gasteiger partial charge < -0.3 is 10.1 Å². The van der Waals surface area contributed by atoms with E-state index in [9.17, 15) is 0 Å². The molecule has 0 aromatic rings. The quantitative estimate of drug-likeness (QED) is 0.372. The maximum absolute atomic E-state index is 5.31. The zero-order chi connectivity index (χ0) is 9.23. The first-order chi connectivity index (χ1) is 5.81. The molecule has 0 saturated carbocycles. The van der Waals surface area contributed by atoms with Gasteiger partial charge in [-0.2, -0.15) is 0 Å². The maximum Gasteiger partial charge on any atom is 0.105 e. The molecule has 0 bridgehead atoms. The highest BCUT2D eigenvalue weighted by Crippen LogP contribution is 1.91. The lowest BCUT2D eigenvalue weighted by atomic mass is 10.5. The van der Waals surface area contributed by atoms with Gasteiger partial charge >= 0.3 is 0 Å². The first-order valence-corrected chi connectivity index (χ1v) is 4.08. The van der Waals surface area contributed by atoms with Crippen LogP contribution in [0, 0.1) is 0 Å². The molecular weight excluding hydrogens is 150 g/mol. The van der Waals surface area contributed by atoms with E-state index in [1.807, 2.05) is 32.2 Å². The van der Waals surface area contributed by atoms with E-state index in [2.05, 4.69) is 11.9 Å². The summed E-state index contributed by atoms with van der Waals surface area (Å²) in [5.41, 5.74) is 0. The molecule has 0 aliphatic carbocycles. The second-order valence-corrected chi connectivity index (χ2v) is 2.30. The summed E-state index contributed by atoms with van der Waals surface area (Å²) in [6.45, 7) is 8.96. The van der Waals surface area contributed by atoms with Crippen LogP contribution in [-0.2, 0) is 4.74 Å². The van der Waals surface area contributed by atoms with E-state index in [1.165, 1.54) is 0 Å². The highest BCUT2D eigenvalue weighted by Gasteiger charge is 1.85. The second-order valence-electron chi connectivity index (χ2n) is 2.30. The summed E-state index contributed by atoms with van der Waals surface area (Å²) in [6.07, 6.45) is 7.37. The topological polar surface area (TPSA) is 21.3 Å². The van der Waals surface area contributed by atoms with E-state index >= 15 is 0 Å². The molecule has 2 nitrogen and oxygen atoms in total. The van der Waals surface area contributed by atoms with E-state index in [-0.39, 0.29) is 0 Å². The molecule has 12 heavy (non-hydrogen) atoms. The van der Waals surface area contributed by atoms with Crippen LogP contribution in [-0.4, -0.2) is 13.2 Å². The third-order valence-corrected chi connectivity index (χ3v) is 1.33. The van der Waals surface area contributed by atoms with Gasteiger partial charge in [0, 0.05) is 6.54 Å². The summed E-state index contributed by atoms with van der Waals surface area (Å²) in [5.74, 6) is 0.963. The highest BCUT2D eigenvalue weighted by molar-refractivity contribution is 4.95. The molecule has 0 atom stereocenters. The first-order valence-electron chi connectivity index (χ1n) is 4.08. The zero-order valence-corrected chi connectivity index (χ0v) is 7.84. The number of allylic oxidation sites excluding steroid dienone is 4. The van der Waals surface area contributed by atoms with Gasteiger partial charge in [0.05, 0.1) is 5.76 Å². The smallest absolute Gasteiger partial charge is 0.105 e. The Morgan fingerprint density at radius 1 is 1.58 bits per heavy atom. The minimum Gasteiger partial charge on any atom is -0.497 e. The van der Waals surface area contributed by atoms with Gasteiger partial charge in [-0.1, -0.05) is 18.7 Å². The fraction of sp³-hybridized carbons (Fsp3) is 0.400. The largest absolute Gasteiger partial charge is 0.497 e. The van der Waals surface area contributed by atoms with Crippen molar-refractivity contribution in [2.45, 2.75) is 13.8 Å². The van der Waals surface area contributed by atoms with Gasteiger partial charge in [-0.05, 0) is 26.1 Å². The van der Waals surface area contributed by atoms with E-state index in [0.717, 1.165) is 12.3 Å². The summed E-state index contributed by atoms with van der Waals surface area (Å²) in [6, 6.07) is 0. The Bertz CT molecular complexity index is 171. The zero-order valence-electron chi connectivity index (χ0n) is 7.84. The van der Waals surface area contributed by atoms with Crippen LogP contribution < -0.4 is 5.32 Å². The van der Waals surface area contributed by atoms with Crippen LogP contribution in [0.25, 0.3) is 0 Å². The summed E-state index contributed by atoms with van der Waals surface area (Å²) in [7, 11) is 0. The van der Waals surface area contributed by atoms with Crippen LogP contribution in [0.5, 0.6) is 0 Å². The van der Waals surface area contributed by atoms with Crippen molar-refractivity contribution >= 4 is 0 Å². The Morgan fingerprint density at radius 3 is 2.92 bits per heavy atom. The summed E-state index contributed by atoms with van der Waals surface area (Å²) < 4.78 is 5.31. The fourth-order valence-corrected chi connectivity index (χ4v) is 0.574. The third kappa shape index (κ3) is 6.93. The third-order valence-electron chi connectivity index (χ3n) is 1.33. The predicted molar refractivity (Wildman–Crippen MR) is 52.7 cm³/mol. The average Bonchev–Trinajstić information content (AvgIpc) is 2.10. The van der Waals surface area contributed by atoms with Gasteiger partial charge in [-0.3, -0.25) is 0 Å². The van der Waals surface area contributed by atoms with Gasteiger partial charge in [0.25, 0.3) is 0 Å². The number of nitrogens with one attached hydrogen (secondary N) is 1. The van der Waals surface area contributed by atoms with Gasteiger partial charge in [0.15, 0.2) is 0 Å². The number of rotatable bonds is 6. The lowest BCUT2D eigenvalue weighted by molar-refractivity contribution is 0.217. The molecule has 0 heterocycles. The number of hydrogen-bond acceptors (Lipinski definition) is 2. The molecule has 2 heteroatoms. The Balaban J connectivity index is 3.21. The van der Waals surface area contributed by atoms with Crippen LogP contribution in [0.4, 0.5) is 0 Å². The van der Waals surface area contributed by atoms with Crippen LogP contribution in [0.1, 0.15) is 13.8 Å². The van der Waals surface area contributed by atoms with E-state index < -0.39 is 0 Å². The molecule has 0 amide bonds. The van der Waals surface area contributed by atoms with Crippen molar-refractivity contribution in [3.63, 3.8) is 0 Å². The minimum absolute atomic E-state index is 0.692. The van der Waals surface area contributed by atoms with Crippen molar-refractivity contribution in [3.8, 4) is 0 Å². The number of hydrogen-bond donors (Lipinski definition) is 1. The van der Waals surface area contributed by atoms with Crippen molar-refractivity contribution in [1.29, 1.82) is 0 Å². The van der Waals surface area contributed by atoms with Crippen molar-refractivity contribution in [3.05, 3.63) is 36.8 Å². The summed E-state index contributed by atoms with van der Waals surface area (Å²) >= 11 is 0. The Labute approximate surface area is 74.6 Å². The van der Waals surface area contributed by atoms with E-state index in [4.69, 9.17) is 4.74 Å². The predicted octanol–water partition coefficient (Wildman–Crippen LogP) is 2.22. The molecule has 68 valence electrons. The SMILES string of the molecule is C=C/C=C/NCCO/C(C)=C/C. The van der Waals surface area contributed by atoms with Crippen LogP contribution in [0.3, 0.4) is 0 Å². The minimum atomic E-state index is 0.692. The van der Waals surface area contributed by atoms with E-state index in [1.54, 1.807) is 6.08 Å². The molecular formula is C10H17NO. The van der Waals surface area contributed by atoms with E-state index in [0.29, 0.717) is 6.61 Å². The molecule has 0 saturated heterocycles. The molecule has 0 aromatic heterocycles. The maximum atomic E-state index is 5.31. The monoisotopic (exact) mass is 167 g/mol. The normalized spacial score (nSPS) is 11.7. The fourth-order valence-electron chi connectivity index (χ4n) is 0.574. The molecule has 0 aliphatic heterocycles. The highest BCUT2D eigenvalue weighted by atomic mass is 16.5.